The molecule has 0 aliphatic rings. The molecule has 0 saturated carbocycles. The number of aryl methyl sites for hydroxylation is 3. The molecule has 0 aliphatic heterocycles. The van der Waals surface area contributed by atoms with Gasteiger partial charge in [0.1, 0.15) is 5.76 Å². The predicted molar refractivity (Wildman–Crippen MR) is 88.3 cm³/mol. The Balaban J connectivity index is 2.09. The molecule has 0 bridgehead atoms. The topological polar surface area (TPSA) is 83.0 Å². The number of nitrogens with zero attached hydrogens (tertiary/aromatic N) is 4. The van der Waals surface area contributed by atoms with E-state index in [1.165, 1.54) is 6.20 Å². The van der Waals surface area contributed by atoms with Crippen LogP contribution in [0.1, 0.15) is 40.0 Å². The average molecular weight is 349 g/mol. The van der Waals surface area contributed by atoms with Gasteiger partial charge in [-0.25, -0.2) is 14.5 Å². The zero-order valence-corrected chi connectivity index (χ0v) is 14.6. The van der Waals surface area contributed by atoms with Crippen LogP contribution in [0.25, 0.3) is 11.0 Å². The maximum Gasteiger partial charge on any atom is 0.341 e. The molecular formula is C16H17ClN4O3. The first-order valence-electron chi connectivity index (χ1n) is 7.54. The van der Waals surface area contributed by atoms with Crippen LogP contribution in [0.2, 0.25) is 5.02 Å². The third-order valence-electron chi connectivity index (χ3n) is 3.86. The first kappa shape index (κ1) is 16.4. The molecule has 0 saturated heterocycles. The number of pyridine rings is 1. The maximum atomic E-state index is 12.0. The van der Waals surface area contributed by atoms with Gasteiger partial charge in [0.25, 0.3) is 0 Å². The fraction of sp³-hybridized carbons (Fsp3) is 0.375. The number of rotatable bonds is 4. The molecular weight excluding hydrogens is 332 g/mol. The highest BCUT2D eigenvalue weighted by Gasteiger charge is 2.21. The Morgan fingerprint density at radius 1 is 1.33 bits per heavy atom. The monoisotopic (exact) mass is 348 g/mol. The summed E-state index contributed by atoms with van der Waals surface area (Å²) in [5, 5.41) is 9.41. The van der Waals surface area contributed by atoms with E-state index in [2.05, 4.69) is 15.2 Å². The minimum Gasteiger partial charge on any atom is -0.462 e. The first-order valence-corrected chi connectivity index (χ1v) is 7.92. The van der Waals surface area contributed by atoms with Gasteiger partial charge in [0.15, 0.2) is 5.65 Å². The van der Waals surface area contributed by atoms with E-state index in [0.29, 0.717) is 28.3 Å². The number of fused-ring (bicyclic) bond motifs is 1. The van der Waals surface area contributed by atoms with Crippen molar-refractivity contribution in [2.45, 2.75) is 34.2 Å². The Kier molecular flexibility index (Phi) is 4.28. The lowest BCUT2D eigenvalue weighted by Gasteiger charge is -2.06. The summed E-state index contributed by atoms with van der Waals surface area (Å²) in [7, 11) is 0. The van der Waals surface area contributed by atoms with Gasteiger partial charge in [-0.15, -0.1) is 0 Å². The number of halogens is 1. The van der Waals surface area contributed by atoms with Crippen LogP contribution in [0.4, 0.5) is 0 Å². The van der Waals surface area contributed by atoms with Crippen LogP contribution in [0, 0.1) is 20.8 Å². The second-order valence-corrected chi connectivity index (χ2v) is 5.83. The van der Waals surface area contributed by atoms with Crippen LogP contribution in [0.5, 0.6) is 0 Å². The molecule has 0 N–H and O–H groups in total. The number of aromatic nitrogens is 4. The molecule has 0 radical (unpaired) electrons. The minimum absolute atomic E-state index is 0.242. The summed E-state index contributed by atoms with van der Waals surface area (Å²) in [6, 6.07) is 0. The number of carbonyl (C=O) groups excluding carboxylic acids is 1. The summed E-state index contributed by atoms with van der Waals surface area (Å²) in [5.41, 5.74) is 3.30. The third-order valence-corrected chi connectivity index (χ3v) is 4.25. The van der Waals surface area contributed by atoms with E-state index in [0.717, 1.165) is 17.0 Å². The van der Waals surface area contributed by atoms with E-state index < -0.39 is 5.97 Å². The summed E-state index contributed by atoms with van der Waals surface area (Å²) in [5.74, 6) is 0.248. The second-order valence-electron chi connectivity index (χ2n) is 5.45. The highest BCUT2D eigenvalue weighted by molar-refractivity contribution is 6.38. The molecule has 3 aromatic rings. The minimum atomic E-state index is -0.491. The molecule has 0 aliphatic carbocycles. The smallest absolute Gasteiger partial charge is 0.341 e. The summed E-state index contributed by atoms with van der Waals surface area (Å²) in [6.45, 7) is 8.04. The van der Waals surface area contributed by atoms with E-state index >= 15 is 0 Å². The number of esters is 1. The molecule has 0 fully saturated rings. The van der Waals surface area contributed by atoms with Gasteiger partial charge in [0, 0.05) is 11.8 Å². The first-order chi connectivity index (χ1) is 11.4. The zero-order chi connectivity index (χ0) is 17.4. The van der Waals surface area contributed by atoms with Gasteiger partial charge in [0.2, 0.25) is 0 Å². The molecule has 24 heavy (non-hydrogen) atoms. The number of hydrogen-bond acceptors (Lipinski definition) is 6. The van der Waals surface area contributed by atoms with Gasteiger partial charge >= 0.3 is 5.97 Å². The van der Waals surface area contributed by atoms with Crippen molar-refractivity contribution in [2.24, 2.45) is 0 Å². The van der Waals surface area contributed by atoms with Crippen molar-refractivity contribution in [3.05, 3.63) is 39.5 Å². The van der Waals surface area contributed by atoms with E-state index in [4.69, 9.17) is 20.9 Å². The van der Waals surface area contributed by atoms with Crippen molar-refractivity contribution in [3.8, 4) is 0 Å². The molecule has 126 valence electrons. The molecule has 0 amide bonds. The SMILES string of the molecule is CCOC(=O)c1cnc2c(c(C)nn2Cc2c(C)noc2C)c1Cl. The number of carbonyl (C=O) groups is 1. The van der Waals surface area contributed by atoms with E-state index in [-0.39, 0.29) is 12.2 Å². The lowest BCUT2D eigenvalue weighted by atomic mass is 10.2. The van der Waals surface area contributed by atoms with Gasteiger partial charge in [0.05, 0.1) is 40.5 Å². The third kappa shape index (κ3) is 2.65. The molecule has 3 heterocycles. The van der Waals surface area contributed by atoms with Crippen LogP contribution in [-0.2, 0) is 11.3 Å². The Labute approximate surface area is 143 Å². The largest absolute Gasteiger partial charge is 0.462 e. The Morgan fingerprint density at radius 2 is 2.08 bits per heavy atom. The average Bonchev–Trinajstić information content (AvgIpc) is 3.02. The van der Waals surface area contributed by atoms with Gasteiger partial charge in [-0.05, 0) is 27.7 Å². The van der Waals surface area contributed by atoms with Crippen molar-refractivity contribution >= 4 is 28.6 Å². The molecule has 0 aromatic carbocycles. The Morgan fingerprint density at radius 3 is 2.71 bits per heavy atom. The fourth-order valence-electron chi connectivity index (χ4n) is 2.61. The van der Waals surface area contributed by atoms with Crippen molar-refractivity contribution in [1.29, 1.82) is 0 Å². The van der Waals surface area contributed by atoms with Gasteiger partial charge in [-0.1, -0.05) is 16.8 Å². The number of ether oxygens (including phenoxy) is 1. The molecule has 0 atom stereocenters. The van der Waals surface area contributed by atoms with Crippen LogP contribution < -0.4 is 0 Å². The lowest BCUT2D eigenvalue weighted by Crippen LogP contribution is -2.07. The van der Waals surface area contributed by atoms with Crippen molar-refractivity contribution in [3.63, 3.8) is 0 Å². The molecule has 0 unspecified atom stereocenters. The van der Waals surface area contributed by atoms with E-state index in [1.807, 2.05) is 20.8 Å². The highest BCUT2D eigenvalue weighted by Crippen LogP contribution is 2.29. The van der Waals surface area contributed by atoms with Gasteiger partial charge in [-0.3, -0.25) is 0 Å². The molecule has 3 aromatic heterocycles. The van der Waals surface area contributed by atoms with Crippen LogP contribution in [0.3, 0.4) is 0 Å². The van der Waals surface area contributed by atoms with Crippen molar-refractivity contribution in [1.82, 2.24) is 19.9 Å². The van der Waals surface area contributed by atoms with Crippen LogP contribution in [-0.4, -0.2) is 32.5 Å². The quantitative estimate of drug-likeness (QED) is 0.673. The van der Waals surface area contributed by atoms with Crippen molar-refractivity contribution in [2.75, 3.05) is 6.61 Å². The van der Waals surface area contributed by atoms with E-state index in [9.17, 15) is 4.79 Å². The summed E-state index contributed by atoms with van der Waals surface area (Å²) in [4.78, 5) is 16.3. The lowest BCUT2D eigenvalue weighted by molar-refractivity contribution is 0.0526. The Hall–Kier alpha value is -2.41. The van der Waals surface area contributed by atoms with Crippen molar-refractivity contribution < 1.29 is 14.1 Å². The molecule has 0 spiro atoms. The number of hydrogen-bond donors (Lipinski definition) is 0. The van der Waals surface area contributed by atoms with Gasteiger partial charge < -0.3 is 9.26 Å². The zero-order valence-electron chi connectivity index (χ0n) is 13.9. The van der Waals surface area contributed by atoms with Crippen LogP contribution in [0.15, 0.2) is 10.7 Å². The summed E-state index contributed by atoms with van der Waals surface area (Å²) in [6.07, 6.45) is 1.42. The van der Waals surface area contributed by atoms with E-state index in [1.54, 1.807) is 11.6 Å². The van der Waals surface area contributed by atoms with Crippen LogP contribution >= 0.6 is 11.6 Å². The second kappa shape index (κ2) is 6.24. The molecule has 3 rings (SSSR count). The normalized spacial score (nSPS) is 11.2. The standard InChI is InChI=1S/C16H17ClN4O3/c1-5-23-16(22)11-6-18-15-13(14(11)17)9(3)19-21(15)7-12-8(2)20-24-10(12)4/h6H,5,7H2,1-4H3. The summed E-state index contributed by atoms with van der Waals surface area (Å²) >= 11 is 6.41. The fourth-order valence-corrected chi connectivity index (χ4v) is 2.96. The van der Waals surface area contributed by atoms with Gasteiger partial charge in [-0.2, -0.15) is 5.10 Å². The maximum absolute atomic E-state index is 12.0. The summed E-state index contributed by atoms with van der Waals surface area (Å²) < 4.78 is 11.9. The highest BCUT2D eigenvalue weighted by atomic mass is 35.5. The molecule has 8 heteroatoms. The predicted octanol–water partition coefficient (Wildman–Crippen LogP) is 3.22. The molecule has 7 nitrogen and oxygen atoms in total. The Bertz CT molecular complexity index is 910.